The van der Waals surface area contributed by atoms with Gasteiger partial charge < -0.3 is 18.9 Å². The first-order chi connectivity index (χ1) is 18.4. The van der Waals surface area contributed by atoms with Gasteiger partial charge in [0.25, 0.3) is 11.8 Å². The van der Waals surface area contributed by atoms with E-state index in [4.69, 9.17) is 31.2 Å². The van der Waals surface area contributed by atoms with Crippen LogP contribution in [0.2, 0.25) is 0 Å². The van der Waals surface area contributed by atoms with Crippen molar-refractivity contribution in [3.8, 4) is 28.7 Å². The van der Waals surface area contributed by atoms with Gasteiger partial charge in [-0.25, -0.2) is 0 Å². The molecule has 9 heteroatoms. The maximum Gasteiger partial charge on any atom is 0.270 e. The van der Waals surface area contributed by atoms with Crippen LogP contribution in [0, 0.1) is 0 Å². The lowest BCUT2D eigenvalue weighted by Crippen LogP contribution is -2.54. The maximum atomic E-state index is 13.6. The Morgan fingerprint density at radius 3 is 2.00 bits per heavy atom. The molecule has 0 unspecified atom stereocenters. The highest BCUT2D eigenvalue weighted by Gasteiger charge is 2.35. The molecule has 1 aliphatic rings. The molecule has 0 radical (unpaired) electrons. The van der Waals surface area contributed by atoms with Gasteiger partial charge in [-0.3, -0.25) is 19.8 Å². The summed E-state index contributed by atoms with van der Waals surface area (Å²) < 4.78 is 23.0. The minimum absolute atomic E-state index is 0.0133. The van der Waals surface area contributed by atoms with Gasteiger partial charge in [0.1, 0.15) is 22.8 Å². The topological polar surface area (TPSA) is 86.3 Å². The molecule has 1 saturated heterocycles. The first-order valence-electron chi connectivity index (χ1n) is 12.3. The van der Waals surface area contributed by atoms with Crippen molar-refractivity contribution in [1.82, 2.24) is 5.32 Å². The van der Waals surface area contributed by atoms with E-state index in [-0.39, 0.29) is 10.7 Å². The Morgan fingerprint density at radius 2 is 1.37 bits per heavy atom. The van der Waals surface area contributed by atoms with E-state index in [9.17, 15) is 9.59 Å². The number of thiocarbonyl (C=S) groups is 1. The first kappa shape index (κ1) is 26.7. The maximum absolute atomic E-state index is 13.6. The number of nitrogens with one attached hydrogen (secondary N) is 1. The van der Waals surface area contributed by atoms with E-state index in [1.807, 2.05) is 51.1 Å². The van der Waals surface area contributed by atoms with Gasteiger partial charge in [0.15, 0.2) is 16.6 Å². The van der Waals surface area contributed by atoms with Crippen molar-refractivity contribution in [2.24, 2.45) is 0 Å². The summed E-state index contributed by atoms with van der Waals surface area (Å²) in [4.78, 5) is 27.7. The fourth-order valence-corrected chi connectivity index (χ4v) is 4.10. The van der Waals surface area contributed by atoms with Crippen LogP contribution >= 0.6 is 12.2 Å². The third kappa shape index (κ3) is 5.95. The zero-order chi connectivity index (χ0) is 27.1. The number of benzene rings is 3. The highest BCUT2D eigenvalue weighted by molar-refractivity contribution is 7.80. The minimum Gasteiger partial charge on any atom is -0.493 e. The monoisotopic (exact) mass is 532 g/mol. The zero-order valence-electron chi connectivity index (χ0n) is 21.4. The summed E-state index contributed by atoms with van der Waals surface area (Å²) in [6, 6.07) is 19.6. The molecule has 3 aromatic carbocycles. The van der Waals surface area contributed by atoms with Crippen LogP contribution in [0.3, 0.4) is 0 Å². The molecule has 0 bridgehead atoms. The van der Waals surface area contributed by atoms with Crippen LogP contribution in [-0.4, -0.2) is 36.7 Å². The van der Waals surface area contributed by atoms with Crippen LogP contribution < -0.4 is 29.2 Å². The van der Waals surface area contributed by atoms with E-state index in [0.29, 0.717) is 59.8 Å². The van der Waals surface area contributed by atoms with Gasteiger partial charge in [-0.1, -0.05) is 18.2 Å². The van der Waals surface area contributed by atoms with Gasteiger partial charge >= 0.3 is 0 Å². The highest BCUT2D eigenvalue weighted by Crippen LogP contribution is 2.37. The largest absolute Gasteiger partial charge is 0.493 e. The van der Waals surface area contributed by atoms with Gasteiger partial charge in [0, 0.05) is 11.6 Å². The fraction of sp³-hybridized carbons (Fsp3) is 0.207. The SMILES string of the molecule is CCOc1cc(OCC)c(OCC)cc1C=C1C(=O)NC(=S)N(c2ccc(Oc3ccccc3)cc2)C1=O. The fourth-order valence-electron chi connectivity index (χ4n) is 3.82. The number of ether oxygens (including phenoxy) is 4. The average Bonchev–Trinajstić information content (AvgIpc) is 2.90. The molecule has 0 aromatic heterocycles. The van der Waals surface area contributed by atoms with Gasteiger partial charge in [-0.05, 0) is 81.5 Å². The Hall–Kier alpha value is -4.37. The molecule has 0 aliphatic carbocycles. The quantitative estimate of drug-likeness (QED) is 0.209. The molecule has 2 amide bonds. The van der Waals surface area contributed by atoms with E-state index >= 15 is 0 Å². The van der Waals surface area contributed by atoms with Crippen LogP contribution in [0.4, 0.5) is 5.69 Å². The van der Waals surface area contributed by atoms with E-state index in [2.05, 4.69) is 5.32 Å². The number of nitrogens with zero attached hydrogens (tertiary/aromatic N) is 1. The van der Waals surface area contributed by atoms with Crippen molar-refractivity contribution < 1.29 is 28.5 Å². The van der Waals surface area contributed by atoms with Crippen molar-refractivity contribution in [3.63, 3.8) is 0 Å². The number of para-hydroxylation sites is 1. The summed E-state index contributed by atoms with van der Waals surface area (Å²) in [5.74, 6) is 1.56. The number of amides is 2. The van der Waals surface area contributed by atoms with Crippen molar-refractivity contribution in [2.45, 2.75) is 20.8 Å². The second-order valence-electron chi connectivity index (χ2n) is 8.00. The van der Waals surface area contributed by atoms with Gasteiger partial charge in [-0.2, -0.15) is 0 Å². The molecule has 3 aromatic rings. The van der Waals surface area contributed by atoms with E-state index in [1.54, 1.807) is 36.4 Å². The lowest BCUT2D eigenvalue weighted by atomic mass is 10.1. The van der Waals surface area contributed by atoms with Crippen LogP contribution in [0.1, 0.15) is 26.3 Å². The second-order valence-corrected chi connectivity index (χ2v) is 8.39. The van der Waals surface area contributed by atoms with Gasteiger partial charge in [-0.15, -0.1) is 0 Å². The lowest BCUT2D eigenvalue weighted by Gasteiger charge is -2.29. The van der Waals surface area contributed by atoms with Crippen LogP contribution in [0.15, 0.2) is 72.3 Å². The van der Waals surface area contributed by atoms with E-state index in [1.165, 1.54) is 11.0 Å². The van der Waals surface area contributed by atoms with E-state index in [0.717, 1.165) is 0 Å². The number of carbonyl (C=O) groups excluding carboxylic acids is 2. The molecule has 0 saturated carbocycles. The molecule has 8 nitrogen and oxygen atoms in total. The molecular weight excluding hydrogens is 504 g/mol. The summed E-state index contributed by atoms with van der Waals surface area (Å²) >= 11 is 5.34. The third-order valence-electron chi connectivity index (χ3n) is 5.45. The molecule has 4 rings (SSSR count). The number of anilines is 1. The molecule has 0 spiro atoms. The molecule has 0 atom stereocenters. The van der Waals surface area contributed by atoms with Crippen molar-refractivity contribution in [2.75, 3.05) is 24.7 Å². The van der Waals surface area contributed by atoms with Gasteiger partial charge in [0.2, 0.25) is 0 Å². The standard InChI is InChI=1S/C29H28N2O6S/c1-4-34-24-18-26(36-6-3)25(35-5-2)17-19(24)16-23-27(32)30-29(38)31(28(23)33)20-12-14-22(15-13-20)37-21-10-8-7-9-11-21/h7-18H,4-6H2,1-3H3,(H,30,32,38). The number of hydrogen-bond acceptors (Lipinski definition) is 7. The minimum atomic E-state index is -0.602. The Labute approximate surface area is 226 Å². The summed E-state index contributed by atoms with van der Waals surface area (Å²) in [7, 11) is 0. The van der Waals surface area contributed by atoms with Crippen LogP contribution in [0.5, 0.6) is 28.7 Å². The van der Waals surface area contributed by atoms with Gasteiger partial charge in [0.05, 0.1) is 25.5 Å². The Bertz CT molecular complexity index is 1360. The Kier molecular flexibility index (Phi) is 8.60. The molecule has 196 valence electrons. The predicted molar refractivity (Wildman–Crippen MR) is 149 cm³/mol. The first-order valence-corrected chi connectivity index (χ1v) is 12.7. The third-order valence-corrected chi connectivity index (χ3v) is 5.74. The predicted octanol–water partition coefficient (Wildman–Crippen LogP) is 5.51. The molecule has 1 heterocycles. The zero-order valence-corrected chi connectivity index (χ0v) is 22.2. The van der Waals surface area contributed by atoms with E-state index < -0.39 is 11.8 Å². The molecule has 1 aliphatic heterocycles. The molecule has 1 fully saturated rings. The normalized spacial score (nSPS) is 14.3. The summed E-state index contributed by atoms with van der Waals surface area (Å²) in [5, 5.41) is 2.59. The average molecular weight is 533 g/mol. The van der Waals surface area contributed by atoms with Crippen molar-refractivity contribution >= 4 is 40.9 Å². The number of hydrogen-bond donors (Lipinski definition) is 1. The Morgan fingerprint density at radius 1 is 0.789 bits per heavy atom. The molecular formula is C29H28N2O6S. The highest BCUT2D eigenvalue weighted by atomic mass is 32.1. The molecule has 38 heavy (non-hydrogen) atoms. The summed E-state index contributed by atoms with van der Waals surface area (Å²) in [6.45, 7) is 6.80. The summed E-state index contributed by atoms with van der Waals surface area (Å²) in [5.41, 5.74) is 0.880. The summed E-state index contributed by atoms with van der Waals surface area (Å²) in [6.07, 6.45) is 1.47. The van der Waals surface area contributed by atoms with Crippen molar-refractivity contribution in [3.05, 3.63) is 77.9 Å². The number of rotatable bonds is 10. The lowest BCUT2D eigenvalue weighted by molar-refractivity contribution is -0.122. The Balaban J connectivity index is 1.67. The number of carbonyl (C=O) groups is 2. The smallest absolute Gasteiger partial charge is 0.270 e. The van der Waals surface area contributed by atoms with Crippen molar-refractivity contribution in [1.29, 1.82) is 0 Å². The van der Waals surface area contributed by atoms with Crippen LogP contribution in [0.25, 0.3) is 6.08 Å². The molecule has 1 N–H and O–H groups in total. The second kappa shape index (κ2) is 12.2. The van der Waals surface area contributed by atoms with Crippen LogP contribution in [-0.2, 0) is 9.59 Å².